The summed E-state index contributed by atoms with van der Waals surface area (Å²) < 4.78 is 10.7. The molecule has 6 nitrogen and oxygen atoms in total. The van der Waals surface area contributed by atoms with Crippen LogP contribution in [0.25, 0.3) is 17.8 Å². The molecule has 0 atom stereocenters. The van der Waals surface area contributed by atoms with Gasteiger partial charge in [-0.1, -0.05) is 18.2 Å². The molecule has 0 aliphatic carbocycles. The fourth-order valence-electron chi connectivity index (χ4n) is 3.36. The average Bonchev–Trinajstić information content (AvgIpc) is 3.37. The van der Waals surface area contributed by atoms with E-state index >= 15 is 0 Å². The molecule has 1 aromatic carbocycles. The lowest BCUT2D eigenvalue weighted by molar-refractivity contribution is -0.145. The van der Waals surface area contributed by atoms with Gasteiger partial charge in [0.1, 0.15) is 5.75 Å². The zero-order valence-corrected chi connectivity index (χ0v) is 16.7. The maximum absolute atomic E-state index is 11.8. The Hall–Kier alpha value is -3.54. The van der Waals surface area contributed by atoms with Crippen LogP contribution in [-0.4, -0.2) is 29.2 Å². The summed E-state index contributed by atoms with van der Waals surface area (Å²) in [5, 5.41) is 3.61. The lowest BCUT2D eigenvalue weighted by Gasteiger charge is -2.03. The molecule has 0 amide bonds. The zero-order valence-electron chi connectivity index (χ0n) is 16.7. The van der Waals surface area contributed by atoms with Gasteiger partial charge in [-0.15, -0.1) is 0 Å². The van der Waals surface area contributed by atoms with Crippen LogP contribution in [-0.2, 0) is 9.53 Å². The van der Waals surface area contributed by atoms with Gasteiger partial charge in [-0.2, -0.15) is 0 Å². The molecule has 29 heavy (non-hydrogen) atoms. The molecule has 0 saturated carbocycles. The molecule has 4 rings (SSSR count). The van der Waals surface area contributed by atoms with Crippen molar-refractivity contribution in [3.63, 3.8) is 0 Å². The van der Waals surface area contributed by atoms with Crippen molar-refractivity contribution < 1.29 is 14.3 Å². The average molecular weight is 389 g/mol. The Labute approximate surface area is 167 Å². The highest BCUT2D eigenvalue weighted by Gasteiger charge is 2.10. The first-order chi connectivity index (χ1) is 14.0. The van der Waals surface area contributed by atoms with E-state index in [9.17, 15) is 4.79 Å². The minimum absolute atomic E-state index is 0.148. The fourth-order valence-corrected chi connectivity index (χ4v) is 3.36. The van der Waals surface area contributed by atoms with Crippen molar-refractivity contribution >= 4 is 23.8 Å². The van der Waals surface area contributed by atoms with Crippen molar-refractivity contribution in [2.45, 2.75) is 20.8 Å². The molecule has 0 saturated heterocycles. The summed E-state index contributed by atoms with van der Waals surface area (Å²) in [4.78, 5) is 23.2. The van der Waals surface area contributed by atoms with E-state index in [0.29, 0.717) is 12.4 Å². The molecule has 0 bridgehead atoms. The predicted octanol–water partition coefficient (Wildman–Crippen LogP) is 0.952. The van der Waals surface area contributed by atoms with Crippen molar-refractivity contribution in [1.82, 2.24) is 9.97 Å². The molecule has 2 aromatic heterocycles. The highest BCUT2D eigenvalue weighted by atomic mass is 16.6. The maximum Gasteiger partial charge on any atom is 0.344 e. The Morgan fingerprint density at radius 3 is 2.72 bits per heavy atom. The summed E-state index contributed by atoms with van der Waals surface area (Å²) in [5.74, 6) is 0.178. The Kier molecular flexibility index (Phi) is 5.08. The Morgan fingerprint density at radius 1 is 1.17 bits per heavy atom. The van der Waals surface area contributed by atoms with Gasteiger partial charge in [0.15, 0.2) is 6.61 Å². The summed E-state index contributed by atoms with van der Waals surface area (Å²) in [6.07, 6.45) is 4.01. The minimum Gasteiger partial charge on any atom is -0.480 e. The molecule has 3 aromatic rings. The van der Waals surface area contributed by atoms with Gasteiger partial charge in [-0.05, 0) is 50.6 Å². The second-order valence-electron chi connectivity index (χ2n) is 6.95. The first-order valence-electron chi connectivity index (χ1n) is 9.58. The van der Waals surface area contributed by atoms with Gasteiger partial charge < -0.3 is 19.4 Å². The van der Waals surface area contributed by atoms with Gasteiger partial charge in [0.05, 0.1) is 28.4 Å². The van der Waals surface area contributed by atoms with Crippen molar-refractivity contribution in [1.29, 1.82) is 0 Å². The highest BCUT2D eigenvalue weighted by Crippen LogP contribution is 2.11. The molecular formula is C23H23N3O3. The SMILES string of the molecule is CCOC(=O)COc1cc(=C2C=c3ccccc3=N2)[nH]/c1=C\c1[nH]c(C)cc1C. The summed E-state index contributed by atoms with van der Waals surface area (Å²) >= 11 is 0. The molecule has 3 heterocycles. The van der Waals surface area contributed by atoms with Crippen molar-refractivity contribution in [3.05, 3.63) is 74.6 Å². The van der Waals surface area contributed by atoms with Crippen LogP contribution in [0.3, 0.4) is 0 Å². The van der Waals surface area contributed by atoms with E-state index in [4.69, 9.17) is 14.5 Å². The Morgan fingerprint density at radius 2 is 2.00 bits per heavy atom. The van der Waals surface area contributed by atoms with E-state index in [1.807, 2.05) is 56.3 Å². The van der Waals surface area contributed by atoms with Crippen LogP contribution in [0.4, 0.5) is 0 Å². The standard InChI is InChI=1S/C23H23N3O3/c1-4-28-23(27)13-29-22-12-20(19-10-16-7-5-6-8-17(16)25-19)26-21(22)11-18-14(2)9-15(3)24-18/h5-12,24,26H,4,13H2,1-3H3/b20-19?,21-11-. The Balaban J connectivity index is 1.81. The topological polar surface area (TPSA) is 79.5 Å². The molecular weight excluding hydrogens is 366 g/mol. The number of aryl methyl sites for hydroxylation is 2. The lowest BCUT2D eigenvalue weighted by atomic mass is 10.2. The number of esters is 1. The third kappa shape index (κ3) is 4.01. The van der Waals surface area contributed by atoms with Crippen LogP contribution in [0, 0.1) is 13.8 Å². The van der Waals surface area contributed by atoms with Crippen LogP contribution < -0.4 is 26.0 Å². The van der Waals surface area contributed by atoms with E-state index < -0.39 is 5.97 Å². The number of fused-ring (bicyclic) bond motifs is 1. The number of carbonyl (C=O) groups excluding carboxylic acids is 1. The van der Waals surface area contributed by atoms with Gasteiger partial charge in [0.25, 0.3) is 0 Å². The quantitative estimate of drug-likeness (QED) is 0.638. The largest absolute Gasteiger partial charge is 0.480 e. The second kappa shape index (κ2) is 7.83. The third-order valence-electron chi connectivity index (χ3n) is 4.69. The van der Waals surface area contributed by atoms with Crippen LogP contribution in [0.15, 0.2) is 41.4 Å². The second-order valence-corrected chi connectivity index (χ2v) is 6.95. The van der Waals surface area contributed by atoms with Gasteiger partial charge >= 0.3 is 5.97 Å². The number of rotatable bonds is 5. The van der Waals surface area contributed by atoms with Gasteiger partial charge in [-0.25, -0.2) is 9.79 Å². The zero-order chi connectivity index (χ0) is 20.4. The molecule has 1 aliphatic heterocycles. The molecule has 0 fully saturated rings. The van der Waals surface area contributed by atoms with E-state index in [1.165, 1.54) is 0 Å². The van der Waals surface area contributed by atoms with Crippen LogP contribution in [0.5, 0.6) is 5.75 Å². The number of hydrogen-bond donors (Lipinski definition) is 2. The van der Waals surface area contributed by atoms with Crippen molar-refractivity contribution in [3.8, 4) is 5.75 Å². The summed E-state index contributed by atoms with van der Waals surface area (Å²) in [6.45, 7) is 6.01. The van der Waals surface area contributed by atoms with E-state index in [0.717, 1.165) is 43.9 Å². The van der Waals surface area contributed by atoms with Crippen molar-refractivity contribution in [2.75, 3.05) is 13.2 Å². The number of hydrogen-bond acceptors (Lipinski definition) is 4. The normalized spacial score (nSPS) is 14.9. The van der Waals surface area contributed by atoms with Crippen LogP contribution >= 0.6 is 0 Å². The number of nitrogens with zero attached hydrogens (tertiary/aromatic N) is 1. The maximum atomic E-state index is 11.8. The predicted molar refractivity (Wildman–Crippen MR) is 111 cm³/mol. The molecule has 6 heteroatoms. The summed E-state index contributed by atoms with van der Waals surface area (Å²) in [6, 6.07) is 11.9. The monoisotopic (exact) mass is 389 g/mol. The van der Waals surface area contributed by atoms with Gasteiger partial charge in [0, 0.05) is 22.7 Å². The van der Waals surface area contributed by atoms with Crippen LogP contribution in [0.1, 0.15) is 23.9 Å². The number of aromatic nitrogens is 2. The smallest absolute Gasteiger partial charge is 0.344 e. The minimum atomic E-state index is -0.398. The first-order valence-corrected chi connectivity index (χ1v) is 9.58. The molecule has 0 unspecified atom stereocenters. The molecule has 2 N–H and O–H groups in total. The van der Waals surface area contributed by atoms with E-state index in [-0.39, 0.29) is 6.61 Å². The van der Waals surface area contributed by atoms with Crippen LogP contribution in [0.2, 0.25) is 0 Å². The fraction of sp³-hybridized carbons (Fsp3) is 0.217. The molecule has 148 valence electrons. The summed E-state index contributed by atoms with van der Waals surface area (Å²) in [7, 11) is 0. The van der Waals surface area contributed by atoms with Gasteiger partial charge in [-0.3, -0.25) is 0 Å². The molecule has 0 radical (unpaired) electrons. The number of para-hydroxylation sites is 1. The number of carbonyl (C=O) groups is 1. The number of benzene rings is 1. The molecule has 0 spiro atoms. The van der Waals surface area contributed by atoms with E-state index in [2.05, 4.69) is 16.0 Å². The molecule has 1 aliphatic rings. The number of nitrogens with one attached hydrogen (secondary N) is 2. The first kappa shape index (κ1) is 18.8. The van der Waals surface area contributed by atoms with E-state index in [1.54, 1.807) is 6.92 Å². The third-order valence-corrected chi connectivity index (χ3v) is 4.69. The summed E-state index contributed by atoms with van der Waals surface area (Å²) in [5.41, 5.74) is 4.02. The number of H-pyrrole nitrogens is 2. The number of aromatic amines is 2. The van der Waals surface area contributed by atoms with Crippen molar-refractivity contribution in [2.24, 2.45) is 4.99 Å². The highest BCUT2D eigenvalue weighted by molar-refractivity contribution is 5.77. The Bertz CT molecular complexity index is 1280. The number of ether oxygens (including phenoxy) is 2. The van der Waals surface area contributed by atoms with Gasteiger partial charge in [0.2, 0.25) is 0 Å². The lowest BCUT2D eigenvalue weighted by Crippen LogP contribution is -2.19.